The molecule has 6 heteroatoms. The molecule has 2 heterocycles. The minimum Gasteiger partial charge on any atom is -0.493 e. The van der Waals surface area contributed by atoms with E-state index in [2.05, 4.69) is 5.32 Å². The van der Waals surface area contributed by atoms with Crippen LogP contribution < -0.4 is 10.1 Å². The Morgan fingerprint density at radius 3 is 2.86 bits per heavy atom. The number of carboxylic acids is 1. The highest BCUT2D eigenvalue weighted by molar-refractivity contribution is 5.95. The molecule has 1 aliphatic heterocycles. The summed E-state index contributed by atoms with van der Waals surface area (Å²) in [6.07, 6.45) is 2.48. The van der Waals surface area contributed by atoms with Crippen LogP contribution in [0.1, 0.15) is 27.7 Å². The lowest BCUT2D eigenvalue weighted by Crippen LogP contribution is -2.34. The molecule has 0 fully saturated rings. The molecule has 6 nitrogen and oxygen atoms in total. The van der Waals surface area contributed by atoms with Crippen LogP contribution in [0.5, 0.6) is 5.75 Å². The van der Waals surface area contributed by atoms with Gasteiger partial charge in [-0.2, -0.15) is 0 Å². The molecule has 1 aliphatic rings. The summed E-state index contributed by atoms with van der Waals surface area (Å²) < 4.78 is 7.05. The van der Waals surface area contributed by atoms with Gasteiger partial charge in [0.05, 0.1) is 6.61 Å². The van der Waals surface area contributed by atoms with E-state index in [4.69, 9.17) is 4.74 Å². The minimum atomic E-state index is -1.10. The lowest BCUT2D eigenvalue weighted by molar-refractivity contribution is -0.139. The second-order valence-electron chi connectivity index (χ2n) is 5.21. The first-order valence-corrected chi connectivity index (χ1v) is 6.97. The third-order valence-corrected chi connectivity index (χ3v) is 3.75. The average Bonchev–Trinajstić information content (AvgIpc) is 3.11. The summed E-state index contributed by atoms with van der Waals surface area (Å²) in [6.45, 7) is 0.603. The Labute approximate surface area is 127 Å². The highest BCUT2D eigenvalue weighted by atomic mass is 16.5. The topological polar surface area (TPSA) is 80.6 Å². The second-order valence-corrected chi connectivity index (χ2v) is 5.21. The Balaban J connectivity index is 1.86. The highest BCUT2D eigenvalue weighted by Crippen LogP contribution is 2.28. The number of fused-ring (bicyclic) bond motifs is 1. The van der Waals surface area contributed by atoms with E-state index < -0.39 is 17.9 Å². The fraction of sp³-hybridized carbons (Fsp3) is 0.250. The van der Waals surface area contributed by atoms with Crippen LogP contribution in [0, 0.1) is 0 Å². The van der Waals surface area contributed by atoms with Crippen molar-refractivity contribution in [1.82, 2.24) is 9.88 Å². The summed E-state index contributed by atoms with van der Waals surface area (Å²) in [5, 5.41) is 12.0. The van der Waals surface area contributed by atoms with Gasteiger partial charge in [0.15, 0.2) is 6.04 Å². The van der Waals surface area contributed by atoms with Crippen LogP contribution in [-0.2, 0) is 18.3 Å². The largest absolute Gasteiger partial charge is 0.493 e. The molecular formula is C16H16N2O4. The zero-order valence-corrected chi connectivity index (χ0v) is 12.1. The number of carbonyl (C=O) groups is 2. The number of ether oxygens (including phenoxy) is 1. The van der Waals surface area contributed by atoms with Crippen molar-refractivity contribution in [2.24, 2.45) is 7.05 Å². The van der Waals surface area contributed by atoms with E-state index in [0.29, 0.717) is 17.9 Å². The van der Waals surface area contributed by atoms with Crippen molar-refractivity contribution in [2.45, 2.75) is 12.5 Å². The maximum absolute atomic E-state index is 12.2. The van der Waals surface area contributed by atoms with Crippen LogP contribution in [0.2, 0.25) is 0 Å². The van der Waals surface area contributed by atoms with E-state index in [0.717, 1.165) is 17.7 Å². The summed E-state index contributed by atoms with van der Waals surface area (Å²) in [7, 11) is 1.73. The van der Waals surface area contributed by atoms with Crippen LogP contribution in [0.4, 0.5) is 0 Å². The fourth-order valence-corrected chi connectivity index (χ4v) is 2.58. The van der Waals surface area contributed by atoms with Crippen molar-refractivity contribution in [3.05, 3.63) is 53.3 Å². The van der Waals surface area contributed by atoms with Gasteiger partial charge in [-0.3, -0.25) is 4.79 Å². The van der Waals surface area contributed by atoms with Crippen LogP contribution in [0.25, 0.3) is 0 Å². The Morgan fingerprint density at radius 2 is 2.18 bits per heavy atom. The molecule has 1 atom stereocenters. The molecule has 2 aromatic rings. The van der Waals surface area contributed by atoms with Gasteiger partial charge in [0, 0.05) is 19.7 Å². The Hall–Kier alpha value is -2.76. The second kappa shape index (κ2) is 5.55. The molecule has 2 N–H and O–H groups in total. The van der Waals surface area contributed by atoms with Crippen LogP contribution in [0.15, 0.2) is 36.5 Å². The number of aromatic nitrogens is 1. The number of benzene rings is 1. The predicted octanol–water partition coefficient (Wildman–Crippen LogP) is 1.52. The van der Waals surface area contributed by atoms with E-state index in [1.165, 1.54) is 0 Å². The van der Waals surface area contributed by atoms with Gasteiger partial charge in [-0.15, -0.1) is 0 Å². The molecule has 3 rings (SSSR count). The maximum Gasteiger partial charge on any atom is 0.330 e. The van der Waals surface area contributed by atoms with Gasteiger partial charge >= 0.3 is 5.97 Å². The van der Waals surface area contributed by atoms with Gasteiger partial charge in [0.2, 0.25) is 0 Å². The lowest BCUT2D eigenvalue weighted by Gasteiger charge is -2.16. The molecule has 0 saturated heterocycles. The quantitative estimate of drug-likeness (QED) is 0.897. The minimum absolute atomic E-state index is 0.413. The highest BCUT2D eigenvalue weighted by Gasteiger charge is 2.25. The molecule has 114 valence electrons. The number of amides is 1. The molecule has 0 saturated carbocycles. The monoisotopic (exact) mass is 300 g/mol. The number of carboxylic acid groups (broad SMARTS) is 1. The number of hydrogen-bond acceptors (Lipinski definition) is 3. The third-order valence-electron chi connectivity index (χ3n) is 3.75. The molecule has 0 radical (unpaired) electrons. The Bertz CT molecular complexity index is 735. The number of rotatable bonds is 4. The molecule has 1 aromatic heterocycles. The molecule has 0 unspecified atom stereocenters. The van der Waals surface area contributed by atoms with Gasteiger partial charge in [-0.25, -0.2) is 4.79 Å². The SMILES string of the molecule is Cn1cccc1C(=O)N[C@H](C(=O)O)c1ccc2c(c1)CCO2. The van der Waals surface area contributed by atoms with E-state index in [1.807, 2.05) is 0 Å². The smallest absolute Gasteiger partial charge is 0.330 e. The zero-order chi connectivity index (χ0) is 15.7. The maximum atomic E-state index is 12.2. The van der Waals surface area contributed by atoms with Crippen LogP contribution in [0.3, 0.4) is 0 Å². The third kappa shape index (κ3) is 2.55. The first kappa shape index (κ1) is 14.2. The number of aliphatic carboxylic acids is 1. The van der Waals surface area contributed by atoms with Crippen molar-refractivity contribution < 1.29 is 19.4 Å². The molecule has 22 heavy (non-hydrogen) atoms. The lowest BCUT2D eigenvalue weighted by atomic mass is 10.0. The van der Waals surface area contributed by atoms with Crippen LogP contribution in [-0.4, -0.2) is 28.2 Å². The van der Waals surface area contributed by atoms with Crippen molar-refractivity contribution in [3.63, 3.8) is 0 Å². The van der Waals surface area contributed by atoms with Gasteiger partial charge < -0.3 is 19.7 Å². The van der Waals surface area contributed by atoms with Gasteiger partial charge in [-0.1, -0.05) is 6.07 Å². The number of nitrogens with zero attached hydrogens (tertiary/aromatic N) is 1. The molecule has 0 spiro atoms. The Kier molecular flexibility index (Phi) is 3.58. The summed E-state index contributed by atoms with van der Waals surface area (Å²) in [4.78, 5) is 23.8. The average molecular weight is 300 g/mol. The summed E-state index contributed by atoms with van der Waals surface area (Å²) >= 11 is 0. The van der Waals surface area contributed by atoms with Crippen molar-refractivity contribution in [1.29, 1.82) is 0 Å². The summed E-state index contributed by atoms with van der Waals surface area (Å²) in [6, 6.07) is 7.50. The molecule has 1 aromatic carbocycles. The summed E-state index contributed by atoms with van der Waals surface area (Å²) in [5.41, 5.74) is 1.92. The zero-order valence-electron chi connectivity index (χ0n) is 12.1. The van der Waals surface area contributed by atoms with Gasteiger partial charge in [-0.05, 0) is 35.4 Å². The van der Waals surface area contributed by atoms with Crippen molar-refractivity contribution in [2.75, 3.05) is 6.61 Å². The first-order chi connectivity index (χ1) is 10.6. The number of nitrogens with one attached hydrogen (secondary N) is 1. The molecular weight excluding hydrogens is 284 g/mol. The predicted molar refractivity (Wildman–Crippen MR) is 78.9 cm³/mol. The van der Waals surface area contributed by atoms with E-state index in [-0.39, 0.29) is 0 Å². The van der Waals surface area contributed by atoms with Gasteiger partial charge in [0.1, 0.15) is 11.4 Å². The van der Waals surface area contributed by atoms with E-state index >= 15 is 0 Å². The van der Waals surface area contributed by atoms with E-state index in [9.17, 15) is 14.7 Å². The van der Waals surface area contributed by atoms with Crippen LogP contribution >= 0.6 is 0 Å². The van der Waals surface area contributed by atoms with Crippen molar-refractivity contribution in [3.8, 4) is 5.75 Å². The normalized spacial score (nSPS) is 14.0. The first-order valence-electron chi connectivity index (χ1n) is 6.97. The van der Waals surface area contributed by atoms with E-state index in [1.54, 1.807) is 48.1 Å². The van der Waals surface area contributed by atoms with Crippen molar-refractivity contribution >= 4 is 11.9 Å². The number of carbonyl (C=O) groups excluding carboxylic acids is 1. The number of hydrogen-bond donors (Lipinski definition) is 2. The fourth-order valence-electron chi connectivity index (χ4n) is 2.58. The number of aryl methyl sites for hydroxylation is 1. The molecule has 1 amide bonds. The molecule has 0 aliphatic carbocycles. The molecule has 0 bridgehead atoms. The standard InChI is InChI=1S/C16H16N2O4/c1-18-7-2-3-12(18)15(19)17-14(16(20)21)11-4-5-13-10(9-11)6-8-22-13/h2-5,7,9,14H,6,8H2,1H3,(H,17,19)(H,20,21)/t14-/m0/s1. The van der Waals surface area contributed by atoms with Gasteiger partial charge in [0.25, 0.3) is 5.91 Å². The summed E-state index contributed by atoms with van der Waals surface area (Å²) in [5.74, 6) is -0.736. The Morgan fingerprint density at radius 1 is 1.36 bits per heavy atom.